The van der Waals surface area contributed by atoms with Gasteiger partial charge in [-0.15, -0.1) is 12.4 Å². The van der Waals surface area contributed by atoms with Crippen molar-refractivity contribution in [2.75, 3.05) is 36.4 Å². The summed E-state index contributed by atoms with van der Waals surface area (Å²) in [7, 11) is 0. The van der Waals surface area contributed by atoms with Crippen LogP contribution < -0.4 is 15.5 Å². The van der Waals surface area contributed by atoms with E-state index in [9.17, 15) is 18.0 Å². The lowest BCUT2D eigenvalue weighted by Crippen LogP contribution is -2.43. The molecule has 0 radical (unpaired) electrons. The standard InChI is InChI=1S/C19H18Cl2F3N3O.ClH/c20-13-7-12(8-14(21)9-13)11-26-17-10-15(27-5-3-25-4-6-27)1-2-16(17)18(28)19(22,23)24;/h1-2,7-10,25-26H,3-6,11H2;1H. The van der Waals surface area contributed by atoms with Crippen molar-refractivity contribution in [3.8, 4) is 0 Å². The second-order valence-electron chi connectivity index (χ2n) is 6.43. The van der Waals surface area contributed by atoms with E-state index < -0.39 is 17.5 Å². The first kappa shape index (κ1) is 23.6. The summed E-state index contributed by atoms with van der Waals surface area (Å²) in [4.78, 5) is 13.9. The normalized spacial score (nSPS) is 14.3. The number of nitrogens with one attached hydrogen (secondary N) is 2. The van der Waals surface area contributed by atoms with E-state index in [1.807, 2.05) is 0 Å². The number of halogens is 6. The summed E-state index contributed by atoms with van der Waals surface area (Å²) in [5.74, 6) is -1.88. The highest BCUT2D eigenvalue weighted by Gasteiger charge is 2.40. The van der Waals surface area contributed by atoms with Gasteiger partial charge in [-0.2, -0.15) is 13.2 Å². The Kier molecular flexibility index (Phi) is 8.05. The van der Waals surface area contributed by atoms with Crippen LogP contribution in [0.4, 0.5) is 24.5 Å². The second-order valence-corrected chi connectivity index (χ2v) is 7.30. The van der Waals surface area contributed by atoms with Crippen LogP contribution in [0.3, 0.4) is 0 Å². The molecule has 0 unspecified atom stereocenters. The molecule has 10 heteroatoms. The molecule has 1 aliphatic rings. The number of carbonyl (C=O) groups is 1. The summed E-state index contributed by atoms with van der Waals surface area (Å²) < 4.78 is 39.0. The lowest BCUT2D eigenvalue weighted by molar-refractivity contribution is -0.0884. The molecule has 0 saturated carbocycles. The predicted molar refractivity (Wildman–Crippen MR) is 113 cm³/mol. The number of piperazine rings is 1. The number of alkyl halides is 3. The van der Waals surface area contributed by atoms with Crippen LogP contribution in [0.1, 0.15) is 15.9 Å². The number of Topliss-reactive ketones (excluding diaryl/α,β-unsaturated/α-hetero) is 1. The molecule has 1 heterocycles. The van der Waals surface area contributed by atoms with Crippen LogP contribution in [0.5, 0.6) is 0 Å². The summed E-state index contributed by atoms with van der Waals surface area (Å²) >= 11 is 11.9. The molecule has 0 amide bonds. The average molecular weight is 469 g/mol. The Morgan fingerprint density at radius 3 is 2.28 bits per heavy atom. The molecule has 0 bridgehead atoms. The van der Waals surface area contributed by atoms with Gasteiger partial charge in [-0.05, 0) is 42.0 Å². The Labute approximate surface area is 182 Å². The quantitative estimate of drug-likeness (QED) is 0.594. The molecule has 2 N–H and O–H groups in total. The fourth-order valence-electron chi connectivity index (χ4n) is 3.06. The molecule has 4 nitrogen and oxygen atoms in total. The van der Waals surface area contributed by atoms with Gasteiger partial charge in [-0.1, -0.05) is 23.2 Å². The van der Waals surface area contributed by atoms with Crippen LogP contribution in [0.2, 0.25) is 10.0 Å². The molecule has 29 heavy (non-hydrogen) atoms. The van der Waals surface area contributed by atoms with Gasteiger partial charge in [0.2, 0.25) is 0 Å². The Hall–Kier alpha value is -1.67. The minimum absolute atomic E-state index is 0. The van der Waals surface area contributed by atoms with E-state index in [1.165, 1.54) is 6.07 Å². The molecule has 2 aromatic carbocycles. The number of hydrogen-bond donors (Lipinski definition) is 2. The molecule has 1 aliphatic heterocycles. The summed E-state index contributed by atoms with van der Waals surface area (Å²) in [5, 5.41) is 7.00. The predicted octanol–water partition coefficient (Wildman–Crippen LogP) is 5.18. The highest BCUT2D eigenvalue weighted by atomic mass is 35.5. The molecule has 0 spiro atoms. The van der Waals surface area contributed by atoms with Gasteiger partial charge in [0.05, 0.1) is 5.56 Å². The summed E-state index contributed by atoms with van der Waals surface area (Å²) in [5.41, 5.74) is 1.15. The van der Waals surface area contributed by atoms with Crippen molar-refractivity contribution in [2.24, 2.45) is 0 Å². The number of anilines is 2. The summed E-state index contributed by atoms with van der Waals surface area (Å²) in [6, 6.07) is 9.23. The van der Waals surface area contributed by atoms with E-state index in [-0.39, 0.29) is 24.6 Å². The van der Waals surface area contributed by atoms with Crippen molar-refractivity contribution >= 4 is 52.8 Å². The molecule has 1 fully saturated rings. The molecule has 0 aromatic heterocycles. The molecule has 2 aromatic rings. The van der Waals surface area contributed by atoms with Gasteiger partial charge in [0, 0.05) is 54.1 Å². The van der Waals surface area contributed by atoms with E-state index in [4.69, 9.17) is 23.2 Å². The van der Waals surface area contributed by atoms with Gasteiger partial charge in [-0.25, -0.2) is 0 Å². The first-order valence-corrected chi connectivity index (χ1v) is 9.40. The molecule has 158 valence electrons. The molecule has 3 rings (SSSR count). The van der Waals surface area contributed by atoms with E-state index in [0.29, 0.717) is 15.6 Å². The van der Waals surface area contributed by atoms with Crippen molar-refractivity contribution in [1.82, 2.24) is 5.32 Å². The monoisotopic (exact) mass is 467 g/mol. The zero-order valence-corrected chi connectivity index (χ0v) is 17.5. The maximum absolute atomic E-state index is 13.0. The van der Waals surface area contributed by atoms with Gasteiger partial charge >= 0.3 is 6.18 Å². The fraction of sp³-hybridized carbons (Fsp3) is 0.316. The van der Waals surface area contributed by atoms with Gasteiger partial charge in [0.1, 0.15) is 0 Å². The van der Waals surface area contributed by atoms with Crippen molar-refractivity contribution in [3.05, 3.63) is 57.6 Å². The number of rotatable bonds is 5. The van der Waals surface area contributed by atoms with Gasteiger partial charge in [-0.3, -0.25) is 4.79 Å². The molecule has 0 aliphatic carbocycles. The topological polar surface area (TPSA) is 44.4 Å². The highest BCUT2D eigenvalue weighted by molar-refractivity contribution is 6.34. The van der Waals surface area contributed by atoms with E-state index in [2.05, 4.69) is 15.5 Å². The minimum Gasteiger partial charge on any atom is -0.380 e. The third-order valence-corrected chi connectivity index (χ3v) is 4.83. The largest absolute Gasteiger partial charge is 0.454 e. The number of carbonyl (C=O) groups excluding carboxylic acids is 1. The zero-order valence-electron chi connectivity index (χ0n) is 15.2. The third kappa shape index (κ3) is 6.15. The van der Waals surface area contributed by atoms with Crippen LogP contribution in [0.25, 0.3) is 0 Å². The van der Waals surface area contributed by atoms with Crippen molar-refractivity contribution in [1.29, 1.82) is 0 Å². The summed E-state index contributed by atoms with van der Waals surface area (Å²) in [6.07, 6.45) is -4.95. The van der Waals surface area contributed by atoms with E-state index >= 15 is 0 Å². The molecule has 1 saturated heterocycles. The molecule has 0 atom stereocenters. The zero-order chi connectivity index (χ0) is 20.3. The minimum atomic E-state index is -4.95. The van der Waals surface area contributed by atoms with Crippen molar-refractivity contribution < 1.29 is 18.0 Å². The fourth-order valence-corrected chi connectivity index (χ4v) is 3.63. The lowest BCUT2D eigenvalue weighted by Gasteiger charge is -2.30. The highest BCUT2D eigenvalue weighted by Crippen LogP contribution is 2.31. The number of hydrogen-bond acceptors (Lipinski definition) is 4. The maximum atomic E-state index is 13.0. The second kappa shape index (κ2) is 9.89. The SMILES string of the molecule is Cl.O=C(c1ccc(N2CCNCC2)cc1NCc1cc(Cl)cc(Cl)c1)C(F)(F)F. The Balaban J connectivity index is 0.00000300. The van der Waals surface area contributed by atoms with Crippen LogP contribution in [0, 0.1) is 0 Å². The molecular formula is C19H19Cl3F3N3O. The van der Waals surface area contributed by atoms with E-state index in [0.717, 1.165) is 31.9 Å². The first-order chi connectivity index (χ1) is 13.2. The third-order valence-electron chi connectivity index (χ3n) is 4.39. The average Bonchev–Trinajstić information content (AvgIpc) is 2.65. The number of ketones is 1. The van der Waals surface area contributed by atoms with E-state index in [1.54, 1.807) is 30.3 Å². The Bertz CT molecular complexity index is 851. The summed E-state index contributed by atoms with van der Waals surface area (Å²) in [6.45, 7) is 3.20. The molecular weight excluding hydrogens is 450 g/mol. The van der Waals surface area contributed by atoms with Crippen LogP contribution in [-0.4, -0.2) is 38.1 Å². The van der Waals surface area contributed by atoms with Crippen LogP contribution in [0.15, 0.2) is 36.4 Å². The first-order valence-electron chi connectivity index (χ1n) is 8.64. The van der Waals surface area contributed by atoms with Crippen LogP contribution >= 0.6 is 35.6 Å². The van der Waals surface area contributed by atoms with Crippen LogP contribution in [-0.2, 0) is 6.54 Å². The Morgan fingerprint density at radius 1 is 1.07 bits per heavy atom. The van der Waals surface area contributed by atoms with Gasteiger partial charge in [0.25, 0.3) is 5.78 Å². The maximum Gasteiger partial charge on any atom is 0.454 e. The number of nitrogens with zero attached hydrogens (tertiary/aromatic N) is 1. The van der Waals surface area contributed by atoms with Crippen molar-refractivity contribution in [2.45, 2.75) is 12.7 Å². The van der Waals surface area contributed by atoms with Gasteiger partial charge in [0.15, 0.2) is 0 Å². The van der Waals surface area contributed by atoms with Crippen molar-refractivity contribution in [3.63, 3.8) is 0 Å². The number of benzene rings is 2. The Morgan fingerprint density at radius 2 is 1.69 bits per heavy atom. The smallest absolute Gasteiger partial charge is 0.380 e. The lowest BCUT2D eigenvalue weighted by atomic mass is 10.1. The van der Waals surface area contributed by atoms with Gasteiger partial charge < -0.3 is 15.5 Å².